The van der Waals surface area contributed by atoms with Crippen molar-refractivity contribution in [3.8, 4) is 5.75 Å². The summed E-state index contributed by atoms with van der Waals surface area (Å²) in [5, 5.41) is 0. The van der Waals surface area contributed by atoms with E-state index in [2.05, 4.69) is 6.92 Å². The molecule has 1 saturated carbocycles. The van der Waals surface area contributed by atoms with Crippen LogP contribution in [-0.4, -0.2) is 0 Å². The van der Waals surface area contributed by atoms with Gasteiger partial charge in [-0.3, -0.25) is 0 Å². The molecule has 0 atom stereocenters. The van der Waals surface area contributed by atoms with E-state index in [9.17, 15) is 8.78 Å². The summed E-state index contributed by atoms with van der Waals surface area (Å²) in [5.41, 5.74) is 0.518. The van der Waals surface area contributed by atoms with Crippen LogP contribution >= 0.6 is 0 Å². The Labute approximate surface area is 145 Å². The van der Waals surface area contributed by atoms with Gasteiger partial charge in [-0.25, -0.2) is 4.39 Å². The maximum absolute atomic E-state index is 14.4. The number of halogens is 2. The summed E-state index contributed by atoms with van der Waals surface area (Å²) in [4.78, 5) is 0. The van der Waals surface area contributed by atoms with Gasteiger partial charge in [0.05, 0.1) is 6.26 Å². The van der Waals surface area contributed by atoms with Crippen LogP contribution in [-0.2, 0) is 0 Å². The fourth-order valence-electron chi connectivity index (χ4n) is 3.72. The van der Waals surface area contributed by atoms with Gasteiger partial charge in [0.1, 0.15) is 0 Å². The van der Waals surface area contributed by atoms with Gasteiger partial charge >= 0.3 is 0 Å². The van der Waals surface area contributed by atoms with E-state index < -0.39 is 11.6 Å². The summed E-state index contributed by atoms with van der Waals surface area (Å²) in [5.74, 6) is -0.736. The van der Waals surface area contributed by atoms with Crippen molar-refractivity contribution in [1.29, 1.82) is 0 Å². The molecule has 0 aromatic heterocycles. The van der Waals surface area contributed by atoms with Crippen LogP contribution in [0.1, 0.15) is 83.1 Å². The number of ether oxygens (including phenoxy) is 1. The zero-order chi connectivity index (χ0) is 17.4. The Bertz CT molecular complexity index is 531. The number of benzene rings is 1. The topological polar surface area (TPSA) is 9.23 Å². The first-order chi connectivity index (χ1) is 11.7. The van der Waals surface area contributed by atoms with Crippen molar-refractivity contribution in [3.63, 3.8) is 0 Å². The molecular formula is C21H30F2O. The number of hydrogen-bond acceptors (Lipinski definition) is 1. The summed E-state index contributed by atoms with van der Waals surface area (Å²) < 4.78 is 33.6. The Kier molecular flexibility index (Phi) is 7.74. The lowest BCUT2D eigenvalue weighted by molar-refractivity contribution is 0.296. The van der Waals surface area contributed by atoms with E-state index >= 15 is 0 Å². The van der Waals surface area contributed by atoms with E-state index in [1.165, 1.54) is 38.4 Å². The van der Waals surface area contributed by atoms with Crippen LogP contribution in [0.15, 0.2) is 24.5 Å². The molecule has 1 nitrogen and oxygen atoms in total. The Morgan fingerprint density at radius 1 is 1.04 bits per heavy atom. The molecule has 1 aliphatic rings. The Morgan fingerprint density at radius 3 is 2.46 bits per heavy atom. The molecule has 2 rings (SSSR count). The maximum atomic E-state index is 14.4. The van der Waals surface area contributed by atoms with Crippen molar-refractivity contribution < 1.29 is 13.5 Å². The molecule has 0 spiro atoms. The van der Waals surface area contributed by atoms with Crippen molar-refractivity contribution in [3.05, 3.63) is 41.7 Å². The summed E-state index contributed by atoms with van der Waals surface area (Å²) in [6.45, 7) is 4.00. The highest BCUT2D eigenvalue weighted by Gasteiger charge is 2.26. The fraction of sp³-hybridized carbons (Fsp3) is 0.619. The zero-order valence-corrected chi connectivity index (χ0v) is 15.0. The molecule has 0 amide bonds. The number of hydrogen-bond donors (Lipinski definition) is 0. The maximum Gasteiger partial charge on any atom is 0.201 e. The smallest absolute Gasteiger partial charge is 0.201 e. The van der Waals surface area contributed by atoms with Crippen LogP contribution in [0.5, 0.6) is 5.75 Å². The molecule has 1 aromatic carbocycles. The van der Waals surface area contributed by atoms with Crippen molar-refractivity contribution >= 4 is 0 Å². The van der Waals surface area contributed by atoms with Crippen molar-refractivity contribution in [2.75, 3.05) is 0 Å². The minimum Gasteiger partial charge on any atom is -0.462 e. The second-order valence-electron chi connectivity index (χ2n) is 6.94. The predicted octanol–water partition coefficient (Wildman–Crippen LogP) is 7.12. The standard InChI is InChI=1S/C21H30F2O/c1-3-5-6-7-8-16-9-11-17(12-10-16)18-13-14-19(24-15-4-2)21(23)20(18)22/h4,13-17H,3,5-12H2,1-2H3. The molecule has 0 aliphatic heterocycles. The van der Waals surface area contributed by atoms with Crippen LogP contribution in [0.25, 0.3) is 0 Å². The van der Waals surface area contributed by atoms with E-state index in [0.717, 1.165) is 31.6 Å². The van der Waals surface area contributed by atoms with Gasteiger partial charge < -0.3 is 4.74 Å². The van der Waals surface area contributed by atoms with Gasteiger partial charge in [-0.2, -0.15) is 4.39 Å². The second-order valence-corrected chi connectivity index (χ2v) is 6.94. The summed E-state index contributed by atoms with van der Waals surface area (Å²) in [6.07, 6.45) is 13.7. The van der Waals surface area contributed by atoms with E-state index in [-0.39, 0.29) is 11.7 Å². The molecule has 24 heavy (non-hydrogen) atoms. The molecular weight excluding hydrogens is 306 g/mol. The largest absolute Gasteiger partial charge is 0.462 e. The normalized spacial score (nSPS) is 21.3. The summed E-state index contributed by atoms with van der Waals surface area (Å²) in [7, 11) is 0. The molecule has 0 saturated heterocycles. The molecule has 0 bridgehead atoms. The van der Waals surface area contributed by atoms with Gasteiger partial charge in [-0.05, 0) is 56.1 Å². The second kappa shape index (κ2) is 9.80. The van der Waals surface area contributed by atoms with Crippen LogP contribution in [0.2, 0.25) is 0 Å². The van der Waals surface area contributed by atoms with E-state index in [1.54, 1.807) is 25.1 Å². The highest BCUT2D eigenvalue weighted by Crippen LogP contribution is 2.40. The molecule has 1 aliphatic carbocycles. The minimum absolute atomic E-state index is 0.0426. The highest BCUT2D eigenvalue weighted by atomic mass is 19.2. The molecule has 0 N–H and O–H groups in total. The number of unbranched alkanes of at least 4 members (excludes halogenated alkanes) is 3. The third kappa shape index (κ3) is 5.06. The quantitative estimate of drug-likeness (QED) is 0.363. The molecule has 1 fully saturated rings. The van der Waals surface area contributed by atoms with E-state index in [4.69, 9.17) is 4.74 Å². The first-order valence-electron chi connectivity index (χ1n) is 9.43. The van der Waals surface area contributed by atoms with Crippen LogP contribution in [0.4, 0.5) is 8.78 Å². The molecule has 0 radical (unpaired) electrons. The fourth-order valence-corrected chi connectivity index (χ4v) is 3.72. The van der Waals surface area contributed by atoms with E-state index in [0.29, 0.717) is 5.56 Å². The molecule has 3 heteroatoms. The summed E-state index contributed by atoms with van der Waals surface area (Å²) >= 11 is 0. The van der Waals surface area contributed by atoms with Gasteiger partial charge in [-0.15, -0.1) is 0 Å². The van der Waals surface area contributed by atoms with Gasteiger partial charge in [0.25, 0.3) is 0 Å². The molecule has 0 heterocycles. The van der Waals surface area contributed by atoms with Crippen molar-refractivity contribution in [2.45, 2.75) is 77.6 Å². The Hall–Kier alpha value is -1.38. The lowest BCUT2D eigenvalue weighted by atomic mass is 9.77. The molecule has 134 valence electrons. The average Bonchev–Trinajstić information content (AvgIpc) is 2.61. The SMILES string of the molecule is CC=COc1ccc(C2CCC(CCCCCC)CC2)c(F)c1F. The summed E-state index contributed by atoms with van der Waals surface area (Å²) in [6, 6.07) is 3.24. The van der Waals surface area contributed by atoms with Crippen molar-refractivity contribution in [1.82, 2.24) is 0 Å². The number of rotatable bonds is 8. The van der Waals surface area contributed by atoms with E-state index in [1.807, 2.05) is 0 Å². The minimum atomic E-state index is -0.868. The van der Waals surface area contributed by atoms with Gasteiger partial charge in [-0.1, -0.05) is 51.2 Å². The first kappa shape index (κ1) is 19.0. The Morgan fingerprint density at radius 2 is 1.79 bits per heavy atom. The monoisotopic (exact) mass is 336 g/mol. The molecule has 1 aromatic rings. The molecule has 0 unspecified atom stereocenters. The van der Waals surface area contributed by atoms with Crippen molar-refractivity contribution in [2.24, 2.45) is 5.92 Å². The third-order valence-electron chi connectivity index (χ3n) is 5.16. The zero-order valence-electron chi connectivity index (χ0n) is 15.0. The third-order valence-corrected chi connectivity index (χ3v) is 5.16. The van der Waals surface area contributed by atoms with Crippen LogP contribution in [0.3, 0.4) is 0 Å². The first-order valence-corrected chi connectivity index (χ1v) is 9.43. The Balaban J connectivity index is 1.90. The average molecular weight is 336 g/mol. The lowest BCUT2D eigenvalue weighted by Crippen LogP contribution is -2.15. The number of allylic oxidation sites excluding steroid dienone is 1. The van der Waals surface area contributed by atoms with Gasteiger partial charge in [0, 0.05) is 0 Å². The van der Waals surface area contributed by atoms with Crippen LogP contribution in [0, 0.1) is 17.6 Å². The van der Waals surface area contributed by atoms with Gasteiger partial charge in [0.15, 0.2) is 11.6 Å². The van der Waals surface area contributed by atoms with Gasteiger partial charge in [0.2, 0.25) is 5.82 Å². The highest BCUT2D eigenvalue weighted by molar-refractivity contribution is 5.33. The predicted molar refractivity (Wildman–Crippen MR) is 95.3 cm³/mol. The lowest BCUT2D eigenvalue weighted by Gasteiger charge is -2.29. The van der Waals surface area contributed by atoms with Crippen LogP contribution < -0.4 is 4.74 Å².